The van der Waals surface area contributed by atoms with E-state index in [0.717, 1.165) is 13.1 Å². The summed E-state index contributed by atoms with van der Waals surface area (Å²) in [6.07, 6.45) is 0. The third kappa shape index (κ3) is 4.97. The molecule has 20 heavy (non-hydrogen) atoms. The molecule has 4 nitrogen and oxygen atoms in total. The molecule has 0 spiro atoms. The van der Waals surface area contributed by atoms with Crippen LogP contribution in [0.2, 0.25) is 0 Å². The van der Waals surface area contributed by atoms with E-state index in [1.54, 1.807) is 19.2 Å². The Morgan fingerprint density at radius 1 is 1.50 bits per heavy atom. The fourth-order valence-electron chi connectivity index (χ4n) is 1.62. The van der Waals surface area contributed by atoms with E-state index in [-0.39, 0.29) is 10.8 Å². The van der Waals surface area contributed by atoms with E-state index in [4.69, 9.17) is 22.7 Å². The van der Waals surface area contributed by atoms with Gasteiger partial charge in [0.05, 0.1) is 16.8 Å². The summed E-state index contributed by atoms with van der Waals surface area (Å²) in [6, 6.07) is 3.34. The Morgan fingerprint density at radius 3 is 2.80 bits per heavy atom. The molecule has 0 unspecified atom stereocenters. The molecule has 0 heterocycles. The molecule has 0 aliphatic carbocycles. The lowest BCUT2D eigenvalue weighted by Crippen LogP contribution is -2.28. The summed E-state index contributed by atoms with van der Waals surface area (Å²) < 4.78 is 19.4. The number of nitrogens with one attached hydrogen (secondary N) is 1. The number of hydrogen-bond donors (Lipinski definition) is 2. The van der Waals surface area contributed by atoms with Crippen LogP contribution in [0.5, 0.6) is 0 Å². The van der Waals surface area contributed by atoms with Gasteiger partial charge in [-0.2, -0.15) is 0 Å². The molecule has 0 aliphatic heterocycles. The predicted molar refractivity (Wildman–Crippen MR) is 87.9 cm³/mol. The van der Waals surface area contributed by atoms with Crippen LogP contribution >= 0.6 is 28.1 Å². The highest BCUT2D eigenvalue weighted by molar-refractivity contribution is 9.10. The SMILES string of the molecule is COCCN(C)CCNc1ccc(C(N)=S)c(Br)c1F. The number of hydrogen-bond acceptors (Lipinski definition) is 4. The number of benzene rings is 1. The van der Waals surface area contributed by atoms with Crippen LogP contribution in [-0.4, -0.2) is 50.3 Å². The molecular formula is C13H19BrFN3OS. The van der Waals surface area contributed by atoms with E-state index < -0.39 is 0 Å². The van der Waals surface area contributed by atoms with Crippen molar-refractivity contribution in [2.45, 2.75) is 0 Å². The predicted octanol–water partition coefficient (Wildman–Crippen LogP) is 2.21. The standard InChI is InChI=1S/C13H19BrFN3OS/c1-18(7-8-19-2)6-5-17-10-4-3-9(13(16)20)11(14)12(10)15/h3-4,17H,5-8H2,1-2H3,(H2,16,20). The van der Waals surface area contributed by atoms with E-state index in [0.29, 0.717) is 28.9 Å². The van der Waals surface area contributed by atoms with Gasteiger partial charge in [0.15, 0.2) is 5.82 Å². The van der Waals surface area contributed by atoms with Crippen molar-refractivity contribution in [3.05, 3.63) is 28.0 Å². The van der Waals surface area contributed by atoms with Crippen molar-refractivity contribution in [3.63, 3.8) is 0 Å². The van der Waals surface area contributed by atoms with Crippen LogP contribution in [0, 0.1) is 5.82 Å². The second kappa shape index (κ2) is 8.51. The van der Waals surface area contributed by atoms with Crippen molar-refractivity contribution in [1.29, 1.82) is 0 Å². The van der Waals surface area contributed by atoms with Crippen LogP contribution in [0.3, 0.4) is 0 Å². The summed E-state index contributed by atoms with van der Waals surface area (Å²) in [6.45, 7) is 2.94. The number of nitrogens with zero attached hydrogens (tertiary/aromatic N) is 1. The Bertz CT molecular complexity index is 473. The third-order valence-electron chi connectivity index (χ3n) is 2.83. The highest BCUT2D eigenvalue weighted by Crippen LogP contribution is 2.26. The van der Waals surface area contributed by atoms with Crippen molar-refractivity contribution < 1.29 is 9.13 Å². The monoisotopic (exact) mass is 363 g/mol. The molecule has 0 aromatic heterocycles. The van der Waals surface area contributed by atoms with Gasteiger partial charge in [0.2, 0.25) is 0 Å². The van der Waals surface area contributed by atoms with Crippen molar-refractivity contribution in [3.8, 4) is 0 Å². The maximum absolute atomic E-state index is 14.1. The zero-order valence-corrected chi connectivity index (χ0v) is 14.0. The Kier molecular flexibility index (Phi) is 7.36. The molecule has 0 radical (unpaired) electrons. The van der Waals surface area contributed by atoms with Crippen molar-refractivity contribution in [2.75, 3.05) is 45.7 Å². The first-order chi connectivity index (χ1) is 9.47. The van der Waals surface area contributed by atoms with E-state index in [2.05, 4.69) is 26.1 Å². The molecule has 112 valence electrons. The zero-order valence-electron chi connectivity index (χ0n) is 11.6. The topological polar surface area (TPSA) is 50.5 Å². The van der Waals surface area contributed by atoms with E-state index in [1.807, 2.05) is 7.05 Å². The quantitative estimate of drug-likeness (QED) is 0.693. The second-order valence-corrected chi connectivity index (χ2v) is 5.61. The second-order valence-electron chi connectivity index (χ2n) is 4.38. The van der Waals surface area contributed by atoms with Crippen LogP contribution in [-0.2, 0) is 4.74 Å². The summed E-state index contributed by atoms with van der Waals surface area (Å²) in [5.74, 6) is -0.380. The number of halogens is 2. The zero-order chi connectivity index (χ0) is 15.1. The van der Waals surface area contributed by atoms with Gasteiger partial charge in [-0.05, 0) is 35.1 Å². The molecular weight excluding hydrogens is 345 g/mol. The summed E-state index contributed by atoms with van der Waals surface area (Å²) in [5, 5.41) is 3.06. The highest BCUT2D eigenvalue weighted by atomic mass is 79.9. The molecule has 1 rings (SSSR count). The molecule has 1 aromatic carbocycles. The Balaban J connectivity index is 2.57. The lowest BCUT2D eigenvalue weighted by Gasteiger charge is -2.17. The van der Waals surface area contributed by atoms with E-state index in [9.17, 15) is 4.39 Å². The van der Waals surface area contributed by atoms with Gasteiger partial charge < -0.3 is 20.7 Å². The largest absolute Gasteiger partial charge is 0.389 e. The summed E-state index contributed by atoms with van der Waals surface area (Å²) in [7, 11) is 3.66. The minimum atomic E-state index is -0.380. The first-order valence-electron chi connectivity index (χ1n) is 6.16. The van der Waals surface area contributed by atoms with E-state index >= 15 is 0 Å². The molecule has 0 aliphatic rings. The average Bonchev–Trinajstić information content (AvgIpc) is 2.40. The van der Waals surface area contributed by atoms with Crippen LogP contribution < -0.4 is 11.1 Å². The van der Waals surface area contributed by atoms with Gasteiger partial charge in [-0.3, -0.25) is 0 Å². The minimum Gasteiger partial charge on any atom is -0.389 e. The molecule has 0 fully saturated rings. The molecule has 7 heteroatoms. The van der Waals surface area contributed by atoms with Crippen LogP contribution in [0.25, 0.3) is 0 Å². The highest BCUT2D eigenvalue weighted by Gasteiger charge is 2.12. The normalized spacial score (nSPS) is 10.8. The Hall–Kier alpha value is -0.760. The van der Waals surface area contributed by atoms with Crippen molar-refractivity contribution in [2.24, 2.45) is 5.73 Å². The van der Waals surface area contributed by atoms with Gasteiger partial charge in [0.25, 0.3) is 0 Å². The molecule has 3 N–H and O–H groups in total. The Labute approximate surface area is 132 Å². The van der Waals surface area contributed by atoms with Gasteiger partial charge in [-0.1, -0.05) is 12.2 Å². The fourth-order valence-corrected chi connectivity index (χ4v) is 2.48. The minimum absolute atomic E-state index is 0.168. The van der Waals surface area contributed by atoms with Gasteiger partial charge in [0.1, 0.15) is 4.99 Å². The first kappa shape index (κ1) is 17.3. The summed E-state index contributed by atoms with van der Waals surface area (Å²) in [5.41, 5.74) is 6.44. The van der Waals surface area contributed by atoms with Gasteiger partial charge in [-0.15, -0.1) is 0 Å². The smallest absolute Gasteiger partial charge is 0.161 e. The molecule has 0 saturated carbocycles. The van der Waals surface area contributed by atoms with Gasteiger partial charge >= 0.3 is 0 Å². The number of anilines is 1. The molecule has 0 bridgehead atoms. The number of nitrogens with two attached hydrogens (primary N) is 1. The van der Waals surface area contributed by atoms with Crippen molar-refractivity contribution >= 4 is 38.8 Å². The molecule has 0 amide bonds. The Morgan fingerprint density at radius 2 is 2.20 bits per heavy atom. The molecule has 0 saturated heterocycles. The molecule has 0 atom stereocenters. The number of likely N-dealkylation sites (N-methyl/N-ethyl adjacent to an activating group) is 1. The first-order valence-corrected chi connectivity index (χ1v) is 7.36. The molecule has 1 aromatic rings. The van der Waals surface area contributed by atoms with Gasteiger partial charge in [-0.25, -0.2) is 4.39 Å². The maximum Gasteiger partial charge on any atom is 0.161 e. The van der Waals surface area contributed by atoms with E-state index in [1.165, 1.54) is 0 Å². The maximum atomic E-state index is 14.1. The van der Waals surface area contributed by atoms with Crippen LogP contribution in [0.4, 0.5) is 10.1 Å². The van der Waals surface area contributed by atoms with Crippen molar-refractivity contribution in [1.82, 2.24) is 4.90 Å². The summed E-state index contributed by atoms with van der Waals surface area (Å²) >= 11 is 8.03. The number of rotatable bonds is 8. The lowest BCUT2D eigenvalue weighted by molar-refractivity contribution is 0.163. The number of ether oxygens (including phenoxy) is 1. The average molecular weight is 364 g/mol. The third-order valence-corrected chi connectivity index (χ3v) is 3.83. The lowest BCUT2D eigenvalue weighted by atomic mass is 10.2. The fraction of sp³-hybridized carbons (Fsp3) is 0.462. The van der Waals surface area contributed by atoms with Crippen LogP contribution in [0.15, 0.2) is 16.6 Å². The number of methoxy groups -OCH3 is 1. The summed E-state index contributed by atoms with van der Waals surface area (Å²) in [4.78, 5) is 2.27. The number of thiocarbonyl (C=S) groups is 1. The van der Waals surface area contributed by atoms with Gasteiger partial charge in [0, 0.05) is 32.3 Å². The van der Waals surface area contributed by atoms with Crippen LogP contribution in [0.1, 0.15) is 5.56 Å².